The molecule has 2 heterocycles. The van der Waals surface area contributed by atoms with Crippen LogP contribution in [0.25, 0.3) is 0 Å². The Hall–Kier alpha value is -2.46. The van der Waals surface area contributed by atoms with Crippen LogP contribution in [0.3, 0.4) is 0 Å². The first-order valence-corrected chi connectivity index (χ1v) is 10.2. The lowest BCUT2D eigenvalue weighted by Crippen LogP contribution is -2.43. The van der Waals surface area contributed by atoms with Gasteiger partial charge < -0.3 is 10.2 Å². The molecule has 1 unspecified atom stereocenters. The normalized spacial score (nSPS) is 20.3. The van der Waals surface area contributed by atoms with Gasteiger partial charge in [0.2, 0.25) is 21.8 Å². The zero-order valence-electron chi connectivity index (χ0n) is 15.0. The molecule has 0 saturated carbocycles. The summed E-state index contributed by atoms with van der Waals surface area (Å²) in [6.07, 6.45) is 0.540. The van der Waals surface area contributed by atoms with Crippen molar-refractivity contribution in [3.05, 3.63) is 29.8 Å². The number of urea groups is 1. The summed E-state index contributed by atoms with van der Waals surface area (Å²) in [5.74, 6) is -0.498. The van der Waals surface area contributed by atoms with Gasteiger partial charge in [0.25, 0.3) is 0 Å². The fourth-order valence-corrected chi connectivity index (χ4v) is 4.44. The maximum Gasteiger partial charge on any atom is 0.324 e. The summed E-state index contributed by atoms with van der Waals surface area (Å²) in [5, 5.41) is 2.47. The van der Waals surface area contributed by atoms with Gasteiger partial charge in [-0.15, -0.1) is 0 Å². The van der Waals surface area contributed by atoms with Gasteiger partial charge in [-0.3, -0.25) is 14.5 Å². The predicted octanol–water partition coefficient (Wildman–Crippen LogP) is -0.184. The van der Waals surface area contributed by atoms with Gasteiger partial charge >= 0.3 is 6.03 Å². The number of imide groups is 1. The molecular weight excluding hydrogens is 372 g/mol. The van der Waals surface area contributed by atoms with Crippen molar-refractivity contribution in [1.29, 1.82) is 0 Å². The van der Waals surface area contributed by atoms with E-state index >= 15 is 0 Å². The van der Waals surface area contributed by atoms with Gasteiger partial charge in [-0.1, -0.05) is 12.1 Å². The molecular formula is C17H22N4O5S. The number of hydrogen-bond acceptors (Lipinski definition) is 5. The predicted molar refractivity (Wildman–Crippen MR) is 96.2 cm³/mol. The van der Waals surface area contributed by atoms with E-state index in [9.17, 15) is 22.8 Å². The highest BCUT2D eigenvalue weighted by Crippen LogP contribution is 2.19. The summed E-state index contributed by atoms with van der Waals surface area (Å²) in [6, 6.07) is 5.78. The van der Waals surface area contributed by atoms with Crippen molar-refractivity contribution in [3.8, 4) is 0 Å². The van der Waals surface area contributed by atoms with Crippen LogP contribution in [-0.2, 0) is 19.6 Å². The third kappa shape index (κ3) is 4.28. The second kappa shape index (κ2) is 7.65. The summed E-state index contributed by atoms with van der Waals surface area (Å²) in [6.45, 7) is 2.49. The van der Waals surface area contributed by atoms with Gasteiger partial charge in [0, 0.05) is 26.1 Å². The molecule has 1 atom stereocenters. The number of sulfonamides is 1. The maximum atomic E-state index is 12.3. The molecule has 4 amide bonds. The smallest absolute Gasteiger partial charge is 0.324 e. The minimum Gasteiger partial charge on any atom is -0.340 e. The molecule has 2 fully saturated rings. The van der Waals surface area contributed by atoms with Gasteiger partial charge in [0.1, 0.15) is 0 Å². The molecule has 1 aromatic rings. The lowest BCUT2D eigenvalue weighted by atomic mass is 10.2. The van der Waals surface area contributed by atoms with Crippen LogP contribution in [0.2, 0.25) is 0 Å². The van der Waals surface area contributed by atoms with Crippen molar-refractivity contribution in [2.24, 2.45) is 0 Å². The Labute approximate surface area is 157 Å². The number of amides is 4. The van der Waals surface area contributed by atoms with Crippen LogP contribution in [-0.4, -0.2) is 68.3 Å². The lowest BCUT2D eigenvalue weighted by molar-refractivity contribution is -0.131. The Bertz CT molecular complexity index is 854. The largest absolute Gasteiger partial charge is 0.340 e. The number of carbonyl (C=O) groups excluding carboxylic acids is 3. The van der Waals surface area contributed by atoms with Crippen molar-refractivity contribution in [2.45, 2.75) is 30.7 Å². The third-order valence-corrected chi connectivity index (χ3v) is 6.15. The van der Waals surface area contributed by atoms with Gasteiger partial charge in [-0.05, 0) is 31.0 Å². The molecule has 0 radical (unpaired) electrons. The number of likely N-dealkylation sites (tertiary alicyclic amines) is 1. The molecule has 2 N–H and O–H groups in total. The van der Waals surface area contributed by atoms with Crippen molar-refractivity contribution in [1.82, 2.24) is 19.8 Å². The summed E-state index contributed by atoms with van der Waals surface area (Å²) in [5.41, 5.74) is 0.831. The molecule has 146 valence electrons. The first-order valence-electron chi connectivity index (χ1n) is 8.72. The van der Waals surface area contributed by atoms with Crippen LogP contribution in [0.4, 0.5) is 4.79 Å². The van der Waals surface area contributed by atoms with Crippen LogP contribution in [0.5, 0.6) is 0 Å². The molecule has 27 heavy (non-hydrogen) atoms. The van der Waals surface area contributed by atoms with Crippen molar-refractivity contribution < 1.29 is 22.8 Å². The van der Waals surface area contributed by atoms with Crippen LogP contribution in [0.15, 0.2) is 29.2 Å². The van der Waals surface area contributed by atoms with Crippen LogP contribution >= 0.6 is 0 Å². The van der Waals surface area contributed by atoms with E-state index in [1.54, 1.807) is 30.0 Å². The monoisotopic (exact) mass is 394 g/mol. The molecule has 0 bridgehead atoms. The minimum atomic E-state index is -3.67. The topological polar surface area (TPSA) is 116 Å². The number of aryl methyl sites for hydroxylation is 1. The molecule has 10 heteroatoms. The SMILES string of the molecule is Cc1cccc(S(=O)(=O)NCCC(=O)N2CCC(N3C(=O)CNC3=O)C2)c1. The summed E-state index contributed by atoms with van der Waals surface area (Å²) >= 11 is 0. The second-order valence-electron chi connectivity index (χ2n) is 6.67. The van der Waals surface area contributed by atoms with Crippen molar-refractivity contribution in [2.75, 3.05) is 26.2 Å². The van der Waals surface area contributed by atoms with Crippen LogP contribution < -0.4 is 10.0 Å². The van der Waals surface area contributed by atoms with E-state index < -0.39 is 16.1 Å². The van der Waals surface area contributed by atoms with E-state index in [0.29, 0.717) is 13.0 Å². The van der Waals surface area contributed by atoms with Crippen LogP contribution in [0, 0.1) is 6.92 Å². The van der Waals surface area contributed by atoms with E-state index in [0.717, 1.165) is 5.56 Å². The second-order valence-corrected chi connectivity index (χ2v) is 8.44. The number of rotatable bonds is 6. The molecule has 2 aliphatic rings. The first kappa shape index (κ1) is 19.3. The van der Waals surface area contributed by atoms with Crippen LogP contribution in [0.1, 0.15) is 18.4 Å². The molecule has 1 aromatic carbocycles. The van der Waals surface area contributed by atoms with Gasteiger partial charge in [-0.2, -0.15) is 0 Å². The van der Waals surface area contributed by atoms with Crippen molar-refractivity contribution >= 4 is 27.9 Å². The lowest BCUT2D eigenvalue weighted by Gasteiger charge is -2.21. The fraction of sp³-hybridized carbons (Fsp3) is 0.471. The third-order valence-electron chi connectivity index (χ3n) is 4.69. The minimum absolute atomic E-state index is 0.00990. The standard InChI is InChI=1S/C17H22N4O5S/c1-12-3-2-4-14(9-12)27(25,26)19-7-5-15(22)20-8-6-13(11-20)21-16(23)10-18-17(21)24/h2-4,9,13,19H,5-8,10-11H2,1H3,(H,18,24). The Kier molecular flexibility index (Phi) is 5.47. The number of carbonyl (C=O) groups is 3. The number of benzene rings is 1. The summed E-state index contributed by atoms with van der Waals surface area (Å²) in [4.78, 5) is 38.7. The molecule has 3 rings (SSSR count). The fourth-order valence-electron chi connectivity index (χ4n) is 3.30. The molecule has 2 aliphatic heterocycles. The highest BCUT2D eigenvalue weighted by molar-refractivity contribution is 7.89. The van der Waals surface area contributed by atoms with E-state index in [2.05, 4.69) is 10.0 Å². The van der Waals surface area contributed by atoms with E-state index in [1.807, 2.05) is 0 Å². The van der Waals surface area contributed by atoms with Gasteiger partial charge in [0.05, 0.1) is 17.5 Å². The Balaban J connectivity index is 1.50. The van der Waals surface area contributed by atoms with Crippen molar-refractivity contribution in [3.63, 3.8) is 0 Å². The van der Waals surface area contributed by atoms with Gasteiger partial charge in [0.15, 0.2) is 0 Å². The van der Waals surface area contributed by atoms with E-state index in [-0.39, 0.29) is 48.8 Å². The highest BCUT2D eigenvalue weighted by Gasteiger charge is 2.39. The van der Waals surface area contributed by atoms with Gasteiger partial charge in [-0.25, -0.2) is 17.9 Å². The first-order chi connectivity index (χ1) is 12.8. The average molecular weight is 394 g/mol. The number of hydrogen-bond donors (Lipinski definition) is 2. The molecule has 0 aliphatic carbocycles. The number of nitrogens with one attached hydrogen (secondary N) is 2. The molecule has 0 aromatic heterocycles. The Morgan fingerprint density at radius 3 is 2.78 bits per heavy atom. The quantitative estimate of drug-likeness (QED) is 0.649. The van der Waals surface area contributed by atoms with E-state index in [4.69, 9.17) is 0 Å². The molecule has 0 spiro atoms. The zero-order valence-corrected chi connectivity index (χ0v) is 15.8. The highest BCUT2D eigenvalue weighted by atomic mass is 32.2. The maximum absolute atomic E-state index is 12.3. The summed E-state index contributed by atoms with van der Waals surface area (Å²) < 4.78 is 27.0. The van der Waals surface area contributed by atoms with E-state index in [1.165, 1.54) is 11.0 Å². The zero-order chi connectivity index (χ0) is 19.6. The summed E-state index contributed by atoms with van der Waals surface area (Å²) in [7, 11) is -3.67. The number of nitrogens with zero attached hydrogens (tertiary/aromatic N) is 2. The Morgan fingerprint density at radius 2 is 2.11 bits per heavy atom. The molecule has 9 nitrogen and oxygen atoms in total. The average Bonchev–Trinajstić information content (AvgIpc) is 3.21. The molecule has 2 saturated heterocycles. The Morgan fingerprint density at radius 1 is 1.33 bits per heavy atom.